The summed E-state index contributed by atoms with van der Waals surface area (Å²) in [5.74, 6) is -0.0123. The molecular formula is C14H18N2OS2. The average Bonchev–Trinajstić information content (AvgIpc) is 2.79. The first kappa shape index (κ1) is 14.2. The highest BCUT2D eigenvalue weighted by atomic mass is 32.1. The Morgan fingerprint density at radius 1 is 1.47 bits per heavy atom. The molecule has 3 nitrogen and oxygen atoms in total. The smallest absolute Gasteiger partial charge is 0.276 e. The van der Waals surface area contributed by atoms with Crippen LogP contribution in [0.2, 0.25) is 0 Å². The fourth-order valence-electron chi connectivity index (χ4n) is 2.04. The van der Waals surface area contributed by atoms with Crippen LogP contribution < -0.4 is 5.32 Å². The molecule has 0 aromatic carbocycles. The fourth-order valence-corrected chi connectivity index (χ4v) is 3.23. The number of carbonyl (C=O) groups excluding carboxylic acids is 1. The third-order valence-corrected chi connectivity index (χ3v) is 4.38. The van der Waals surface area contributed by atoms with Gasteiger partial charge in [0.2, 0.25) is 0 Å². The van der Waals surface area contributed by atoms with Gasteiger partial charge in [-0.3, -0.25) is 9.69 Å². The van der Waals surface area contributed by atoms with Crippen molar-refractivity contribution in [1.82, 2.24) is 10.2 Å². The van der Waals surface area contributed by atoms with Gasteiger partial charge in [0.1, 0.15) is 5.70 Å². The van der Waals surface area contributed by atoms with Crippen molar-refractivity contribution in [3.63, 3.8) is 0 Å². The van der Waals surface area contributed by atoms with Crippen molar-refractivity contribution in [2.45, 2.75) is 33.6 Å². The number of aryl methyl sites for hydroxylation is 2. The zero-order valence-electron chi connectivity index (χ0n) is 11.4. The predicted molar refractivity (Wildman–Crippen MR) is 84.1 cm³/mol. The van der Waals surface area contributed by atoms with E-state index < -0.39 is 0 Å². The molecule has 1 amide bonds. The molecule has 0 aliphatic carbocycles. The summed E-state index contributed by atoms with van der Waals surface area (Å²) < 4.78 is 0. The zero-order chi connectivity index (χ0) is 14.0. The van der Waals surface area contributed by atoms with Crippen molar-refractivity contribution >= 4 is 40.7 Å². The van der Waals surface area contributed by atoms with Gasteiger partial charge in [0.25, 0.3) is 5.91 Å². The molecule has 1 fully saturated rings. The summed E-state index contributed by atoms with van der Waals surface area (Å²) in [6.45, 7) is 6.93. The van der Waals surface area contributed by atoms with Crippen LogP contribution in [0.4, 0.5) is 0 Å². The van der Waals surface area contributed by atoms with E-state index in [9.17, 15) is 4.79 Å². The molecular weight excluding hydrogens is 276 g/mol. The first-order valence-electron chi connectivity index (χ1n) is 6.44. The summed E-state index contributed by atoms with van der Waals surface area (Å²) in [5.41, 5.74) is 1.68. The number of unbranched alkanes of at least 4 members (excludes halogenated alkanes) is 1. The summed E-state index contributed by atoms with van der Waals surface area (Å²) in [6.07, 6.45) is 3.92. The lowest BCUT2D eigenvalue weighted by molar-refractivity contribution is -0.122. The van der Waals surface area contributed by atoms with Crippen molar-refractivity contribution in [3.8, 4) is 0 Å². The van der Waals surface area contributed by atoms with Crippen LogP contribution in [0.1, 0.15) is 35.1 Å². The predicted octanol–water partition coefficient (Wildman–Crippen LogP) is 3.22. The second-order valence-corrected chi connectivity index (χ2v) is 6.51. The van der Waals surface area contributed by atoms with Crippen LogP contribution in [-0.2, 0) is 4.79 Å². The van der Waals surface area contributed by atoms with Crippen LogP contribution in [0.25, 0.3) is 6.08 Å². The molecule has 2 heterocycles. The van der Waals surface area contributed by atoms with E-state index in [0.717, 1.165) is 18.4 Å². The van der Waals surface area contributed by atoms with E-state index in [0.29, 0.717) is 17.4 Å². The number of rotatable bonds is 4. The van der Waals surface area contributed by atoms with Gasteiger partial charge in [-0.25, -0.2) is 0 Å². The summed E-state index contributed by atoms with van der Waals surface area (Å²) in [4.78, 5) is 16.4. The Labute approximate surface area is 123 Å². The van der Waals surface area contributed by atoms with E-state index in [4.69, 9.17) is 12.2 Å². The first-order chi connectivity index (χ1) is 9.02. The Kier molecular flexibility index (Phi) is 4.37. The number of hydrogen-bond donors (Lipinski definition) is 1. The van der Waals surface area contributed by atoms with E-state index in [2.05, 4.69) is 32.2 Å². The third-order valence-electron chi connectivity index (χ3n) is 3.08. The molecule has 0 radical (unpaired) electrons. The minimum atomic E-state index is -0.0123. The number of nitrogens with zero attached hydrogens (tertiary/aromatic N) is 1. The van der Waals surface area contributed by atoms with Gasteiger partial charge in [0, 0.05) is 16.3 Å². The quantitative estimate of drug-likeness (QED) is 0.683. The van der Waals surface area contributed by atoms with E-state index >= 15 is 0 Å². The number of nitrogens with one attached hydrogen (secondary N) is 1. The number of thiophene rings is 1. The number of hydrogen-bond acceptors (Lipinski definition) is 3. The van der Waals surface area contributed by atoms with Gasteiger partial charge >= 0.3 is 0 Å². The molecule has 2 rings (SSSR count). The Morgan fingerprint density at radius 3 is 2.79 bits per heavy atom. The maximum absolute atomic E-state index is 12.3. The molecule has 0 saturated carbocycles. The monoisotopic (exact) mass is 294 g/mol. The molecule has 1 aromatic heterocycles. The zero-order valence-corrected chi connectivity index (χ0v) is 13.1. The first-order valence-corrected chi connectivity index (χ1v) is 7.67. The second kappa shape index (κ2) is 5.84. The molecule has 1 aliphatic rings. The number of thiocarbonyl (C=S) groups is 1. The molecule has 0 unspecified atom stereocenters. The topological polar surface area (TPSA) is 32.3 Å². The lowest BCUT2D eigenvalue weighted by Gasteiger charge is -2.12. The van der Waals surface area contributed by atoms with E-state index in [1.54, 1.807) is 16.2 Å². The Morgan fingerprint density at radius 2 is 2.21 bits per heavy atom. The molecule has 1 saturated heterocycles. The standard InChI is InChI=1S/C14H18N2OS2/c1-4-5-6-16-13(17)12(15-14(16)18)8-11-7-9(2)19-10(11)3/h7-8H,4-6H2,1-3H3,(H,15,18)/b12-8+. The van der Waals surface area contributed by atoms with Crippen molar-refractivity contribution in [3.05, 3.63) is 27.1 Å². The van der Waals surface area contributed by atoms with Crippen LogP contribution >= 0.6 is 23.6 Å². The molecule has 5 heteroatoms. The third kappa shape index (κ3) is 3.04. The molecule has 1 aromatic rings. The maximum Gasteiger partial charge on any atom is 0.276 e. The molecule has 0 spiro atoms. The van der Waals surface area contributed by atoms with Crippen LogP contribution in [0.5, 0.6) is 0 Å². The van der Waals surface area contributed by atoms with Crippen LogP contribution in [0.15, 0.2) is 11.8 Å². The normalized spacial score (nSPS) is 17.4. The lowest BCUT2D eigenvalue weighted by Crippen LogP contribution is -2.31. The minimum Gasteiger partial charge on any atom is -0.328 e. The van der Waals surface area contributed by atoms with Crippen LogP contribution in [0.3, 0.4) is 0 Å². The van der Waals surface area contributed by atoms with Gasteiger partial charge in [0.05, 0.1) is 0 Å². The highest BCUT2D eigenvalue weighted by Gasteiger charge is 2.29. The summed E-state index contributed by atoms with van der Waals surface area (Å²) in [6, 6.07) is 2.10. The van der Waals surface area contributed by atoms with Gasteiger partial charge < -0.3 is 5.32 Å². The van der Waals surface area contributed by atoms with Crippen molar-refractivity contribution in [2.24, 2.45) is 0 Å². The van der Waals surface area contributed by atoms with Crippen molar-refractivity contribution in [1.29, 1.82) is 0 Å². The number of amides is 1. The number of carbonyl (C=O) groups is 1. The van der Waals surface area contributed by atoms with Crippen LogP contribution in [-0.4, -0.2) is 22.5 Å². The largest absolute Gasteiger partial charge is 0.328 e. The van der Waals surface area contributed by atoms with Gasteiger partial charge in [0.15, 0.2) is 5.11 Å². The van der Waals surface area contributed by atoms with E-state index in [1.165, 1.54) is 9.75 Å². The molecule has 1 N–H and O–H groups in total. The summed E-state index contributed by atoms with van der Waals surface area (Å²) >= 11 is 6.96. The van der Waals surface area contributed by atoms with Gasteiger partial charge in [-0.1, -0.05) is 13.3 Å². The average molecular weight is 294 g/mol. The minimum absolute atomic E-state index is 0.0123. The van der Waals surface area contributed by atoms with E-state index in [1.807, 2.05) is 6.08 Å². The van der Waals surface area contributed by atoms with Gasteiger partial charge in [-0.2, -0.15) is 0 Å². The van der Waals surface area contributed by atoms with Gasteiger partial charge in [-0.05, 0) is 50.2 Å². The van der Waals surface area contributed by atoms with E-state index in [-0.39, 0.29) is 5.91 Å². The maximum atomic E-state index is 12.3. The fraction of sp³-hybridized carbons (Fsp3) is 0.429. The molecule has 19 heavy (non-hydrogen) atoms. The van der Waals surface area contributed by atoms with Gasteiger partial charge in [-0.15, -0.1) is 11.3 Å². The second-order valence-electron chi connectivity index (χ2n) is 4.67. The molecule has 0 atom stereocenters. The Bertz CT molecular complexity index is 546. The van der Waals surface area contributed by atoms with Crippen molar-refractivity contribution < 1.29 is 4.79 Å². The highest BCUT2D eigenvalue weighted by molar-refractivity contribution is 7.80. The van der Waals surface area contributed by atoms with Crippen LogP contribution in [0, 0.1) is 13.8 Å². The molecule has 102 valence electrons. The highest BCUT2D eigenvalue weighted by Crippen LogP contribution is 2.24. The molecule has 0 bridgehead atoms. The lowest BCUT2D eigenvalue weighted by atomic mass is 10.2. The Balaban J connectivity index is 2.20. The Hall–Kier alpha value is -1.20. The SMILES string of the molecule is CCCCN1C(=O)/C(=C\c2cc(C)sc2C)NC1=S. The molecule has 1 aliphatic heterocycles. The summed E-state index contributed by atoms with van der Waals surface area (Å²) in [7, 11) is 0. The summed E-state index contributed by atoms with van der Waals surface area (Å²) in [5, 5.41) is 3.54. The van der Waals surface area contributed by atoms with Crippen molar-refractivity contribution in [2.75, 3.05) is 6.54 Å².